The Morgan fingerprint density at radius 3 is 2.58 bits per heavy atom. The molecule has 0 fully saturated rings. The molecule has 3 rings (SSSR count). The molecule has 1 amide bonds. The Labute approximate surface area is 191 Å². The lowest BCUT2D eigenvalue weighted by molar-refractivity contribution is -0.142. The monoisotopic (exact) mass is 479 g/mol. The Hall–Kier alpha value is -3.79. The van der Waals surface area contributed by atoms with Gasteiger partial charge in [-0.1, -0.05) is 23.7 Å². The fourth-order valence-electron chi connectivity index (χ4n) is 2.74. The van der Waals surface area contributed by atoms with Crippen LogP contribution in [0.5, 0.6) is 5.75 Å². The molecule has 0 atom stereocenters. The quantitative estimate of drug-likeness (QED) is 0.372. The number of halogens is 4. The van der Waals surface area contributed by atoms with Crippen LogP contribution < -0.4 is 10.1 Å². The van der Waals surface area contributed by atoms with Crippen molar-refractivity contribution in [3.8, 4) is 11.4 Å². The summed E-state index contributed by atoms with van der Waals surface area (Å²) >= 11 is 6.33. The van der Waals surface area contributed by atoms with E-state index in [1.54, 1.807) is 6.92 Å². The summed E-state index contributed by atoms with van der Waals surface area (Å²) in [6, 6.07) is 11.1. The van der Waals surface area contributed by atoms with Crippen LogP contribution in [0.25, 0.3) is 11.8 Å². The molecule has 0 bridgehead atoms. The standard InChI is InChI=1S/C22H17ClF3N3O4/c1-13-16(21(23)29(28-13)15-8-6-14(24)7-9-15)10-11-20(31)32-12-19(30)27-17-4-2-3-5-18(17)33-22(25)26/h2-11,22H,12H2,1H3,(H,27,30)/b11-10+. The zero-order valence-electron chi connectivity index (χ0n) is 17.1. The number of hydrogen-bond donors (Lipinski definition) is 1. The van der Waals surface area contributed by atoms with E-state index in [2.05, 4.69) is 15.2 Å². The topological polar surface area (TPSA) is 82.5 Å². The number of rotatable bonds is 8. The van der Waals surface area contributed by atoms with Crippen LogP contribution in [-0.4, -0.2) is 34.9 Å². The number of hydrogen-bond acceptors (Lipinski definition) is 5. The van der Waals surface area contributed by atoms with Crippen molar-refractivity contribution < 1.29 is 32.2 Å². The van der Waals surface area contributed by atoms with Gasteiger partial charge in [0.1, 0.15) is 16.7 Å². The predicted molar refractivity (Wildman–Crippen MR) is 115 cm³/mol. The largest absolute Gasteiger partial charge is 0.452 e. The molecule has 0 radical (unpaired) electrons. The molecule has 0 aliphatic carbocycles. The molecule has 1 N–H and O–H groups in total. The average Bonchev–Trinajstić information content (AvgIpc) is 3.05. The number of carbonyl (C=O) groups excluding carboxylic acids is 2. The smallest absolute Gasteiger partial charge is 0.387 e. The van der Waals surface area contributed by atoms with Gasteiger partial charge in [0.25, 0.3) is 5.91 Å². The number of para-hydroxylation sites is 2. The van der Waals surface area contributed by atoms with Crippen molar-refractivity contribution in [2.75, 3.05) is 11.9 Å². The highest BCUT2D eigenvalue weighted by Crippen LogP contribution is 2.26. The maximum atomic E-state index is 13.1. The number of carbonyl (C=O) groups is 2. The second-order valence-corrected chi connectivity index (χ2v) is 6.90. The minimum atomic E-state index is -3.06. The van der Waals surface area contributed by atoms with Crippen LogP contribution in [0, 0.1) is 12.7 Å². The zero-order chi connectivity index (χ0) is 24.0. The Balaban J connectivity index is 1.60. The van der Waals surface area contributed by atoms with E-state index in [0.29, 0.717) is 16.9 Å². The number of nitrogens with one attached hydrogen (secondary N) is 1. The molecule has 3 aromatic rings. The molecule has 1 aromatic heterocycles. The molecule has 2 aromatic carbocycles. The van der Waals surface area contributed by atoms with Gasteiger partial charge in [0.15, 0.2) is 6.61 Å². The number of alkyl halides is 2. The van der Waals surface area contributed by atoms with Gasteiger partial charge >= 0.3 is 12.6 Å². The zero-order valence-corrected chi connectivity index (χ0v) is 17.9. The molecular weight excluding hydrogens is 463 g/mol. The first-order valence-corrected chi connectivity index (χ1v) is 9.82. The van der Waals surface area contributed by atoms with E-state index >= 15 is 0 Å². The summed E-state index contributed by atoms with van der Waals surface area (Å²) in [4.78, 5) is 24.0. The molecule has 7 nitrogen and oxygen atoms in total. The van der Waals surface area contributed by atoms with Crippen LogP contribution in [0.15, 0.2) is 54.6 Å². The predicted octanol–water partition coefficient (Wildman–Crippen LogP) is 4.77. The molecule has 0 unspecified atom stereocenters. The second kappa shape index (κ2) is 10.7. The lowest BCUT2D eigenvalue weighted by atomic mass is 10.2. The number of aryl methyl sites for hydroxylation is 1. The highest BCUT2D eigenvalue weighted by Gasteiger charge is 2.15. The highest BCUT2D eigenvalue weighted by atomic mass is 35.5. The van der Waals surface area contributed by atoms with Crippen molar-refractivity contribution >= 4 is 35.2 Å². The summed E-state index contributed by atoms with van der Waals surface area (Å²) in [6.07, 6.45) is 2.43. The van der Waals surface area contributed by atoms with Crippen molar-refractivity contribution in [1.82, 2.24) is 9.78 Å². The van der Waals surface area contributed by atoms with E-state index < -0.39 is 30.9 Å². The van der Waals surface area contributed by atoms with Gasteiger partial charge in [0.2, 0.25) is 0 Å². The second-order valence-electron chi connectivity index (χ2n) is 6.54. The van der Waals surface area contributed by atoms with E-state index in [9.17, 15) is 22.8 Å². The number of aromatic nitrogens is 2. The normalized spacial score (nSPS) is 11.1. The molecule has 172 valence electrons. The van der Waals surface area contributed by atoms with Gasteiger partial charge in [-0.3, -0.25) is 4.79 Å². The maximum Gasteiger partial charge on any atom is 0.387 e. The molecule has 0 saturated carbocycles. The lowest BCUT2D eigenvalue weighted by Crippen LogP contribution is -2.20. The minimum absolute atomic E-state index is 0.00463. The fourth-order valence-corrected chi connectivity index (χ4v) is 3.08. The molecular formula is C22H17ClF3N3O4. The Morgan fingerprint density at radius 1 is 1.18 bits per heavy atom. The summed E-state index contributed by atoms with van der Waals surface area (Å²) < 4.78 is 48.6. The molecule has 0 aliphatic rings. The summed E-state index contributed by atoms with van der Waals surface area (Å²) in [6.45, 7) is -2.05. The summed E-state index contributed by atoms with van der Waals surface area (Å²) in [5.74, 6) is -2.22. The third kappa shape index (κ3) is 6.36. The molecule has 33 heavy (non-hydrogen) atoms. The number of ether oxygens (including phenoxy) is 2. The number of amides is 1. The highest BCUT2D eigenvalue weighted by molar-refractivity contribution is 6.31. The summed E-state index contributed by atoms with van der Waals surface area (Å²) in [7, 11) is 0. The first-order chi connectivity index (χ1) is 15.7. The van der Waals surface area contributed by atoms with Crippen LogP contribution in [-0.2, 0) is 14.3 Å². The molecule has 11 heteroatoms. The van der Waals surface area contributed by atoms with Crippen LogP contribution in [0.1, 0.15) is 11.3 Å². The molecule has 1 heterocycles. The van der Waals surface area contributed by atoms with Gasteiger partial charge in [-0.25, -0.2) is 13.9 Å². The minimum Gasteiger partial charge on any atom is -0.452 e. The summed E-state index contributed by atoms with van der Waals surface area (Å²) in [5.41, 5.74) is 1.46. The first kappa shape index (κ1) is 23.9. The lowest BCUT2D eigenvalue weighted by Gasteiger charge is -2.11. The maximum absolute atomic E-state index is 13.1. The van der Waals surface area contributed by atoms with Crippen LogP contribution in [0.3, 0.4) is 0 Å². The summed E-state index contributed by atoms with van der Waals surface area (Å²) in [5, 5.41) is 6.79. The van der Waals surface area contributed by atoms with Crippen molar-refractivity contribution in [3.05, 3.63) is 76.8 Å². The number of benzene rings is 2. The van der Waals surface area contributed by atoms with Crippen molar-refractivity contribution in [2.24, 2.45) is 0 Å². The van der Waals surface area contributed by atoms with Gasteiger partial charge < -0.3 is 14.8 Å². The van der Waals surface area contributed by atoms with Crippen molar-refractivity contribution in [1.29, 1.82) is 0 Å². The van der Waals surface area contributed by atoms with Gasteiger partial charge in [-0.05, 0) is 49.4 Å². The van der Waals surface area contributed by atoms with Gasteiger partial charge in [-0.2, -0.15) is 13.9 Å². The third-order valence-electron chi connectivity index (χ3n) is 4.23. The average molecular weight is 480 g/mol. The first-order valence-electron chi connectivity index (χ1n) is 9.44. The van der Waals surface area contributed by atoms with Crippen molar-refractivity contribution in [3.63, 3.8) is 0 Å². The Bertz CT molecular complexity index is 1180. The Kier molecular flexibility index (Phi) is 7.73. The number of anilines is 1. The van der Waals surface area contributed by atoms with Crippen LogP contribution in [0.4, 0.5) is 18.9 Å². The third-order valence-corrected chi connectivity index (χ3v) is 4.59. The Morgan fingerprint density at radius 2 is 1.88 bits per heavy atom. The number of nitrogens with zero attached hydrogens (tertiary/aromatic N) is 2. The molecule has 0 saturated heterocycles. The van der Waals surface area contributed by atoms with Crippen molar-refractivity contribution in [2.45, 2.75) is 13.5 Å². The number of esters is 1. The van der Waals surface area contributed by atoms with Gasteiger partial charge in [0, 0.05) is 11.6 Å². The van der Waals surface area contributed by atoms with E-state index in [0.717, 1.165) is 6.08 Å². The molecule has 0 spiro atoms. The van der Waals surface area contributed by atoms with Crippen LogP contribution >= 0.6 is 11.6 Å². The van der Waals surface area contributed by atoms with E-state index in [-0.39, 0.29) is 16.6 Å². The SMILES string of the molecule is Cc1nn(-c2ccc(F)cc2)c(Cl)c1/C=C/C(=O)OCC(=O)Nc1ccccc1OC(F)F. The van der Waals surface area contributed by atoms with E-state index in [1.807, 2.05) is 0 Å². The van der Waals surface area contributed by atoms with Gasteiger partial charge in [-0.15, -0.1) is 0 Å². The molecule has 0 aliphatic heterocycles. The fraction of sp³-hybridized carbons (Fsp3) is 0.136. The van der Waals surface area contributed by atoms with Crippen LogP contribution in [0.2, 0.25) is 5.15 Å². The van der Waals surface area contributed by atoms with E-state index in [1.165, 1.54) is 59.3 Å². The van der Waals surface area contributed by atoms with Gasteiger partial charge in [0.05, 0.1) is 17.1 Å². The van der Waals surface area contributed by atoms with E-state index in [4.69, 9.17) is 16.3 Å².